The van der Waals surface area contributed by atoms with Crippen molar-refractivity contribution in [2.45, 2.75) is 78.6 Å². The summed E-state index contributed by atoms with van der Waals surface area (Å²) in [5.74, 6) is 0.198. The van der Waals surface area contributed by atoms with E-state index in [2.05, 4.69) is 58.3 Å². The van der Waals surface area contributed by atoms with Gasteiger partial charge in [0.05, 0.1) is 28.7 Å². The van der Waals surface area contributed by atoms with Crippen LogP contribution in [-0.4, -0.2) is 57.1 Å². The molecule has 43 heavy (non-hydrogen) atoms. The van der Waals surface area contributed by atoms with Gasteiger partial charge in [0.25, 0.3) is 11.8 Å². The van der Waals surface area contributed by atoms with Gasteiger partial charge in [-0.2, -0.15) is 0 Å². The molecule has 0 aliphatic carbocycles. The van der Waals surface area contributed by atoms with Crippen LogP contribution in [0.5, 0.6) is 0 Å². The third-order valence-electron chi connectivity index (χ3n) is 8.37. The van der Waals surface area contributed by atoms with E-state index in [-0.39, 0.29) is 42.4 Å². The molecule has 5 rings (SSSR count). The van der Waals surface area contributed by atoms with Crippen LogP contribution in [0.25, 0.3) is 10.4 Å². The van der Waals surface area contributed by atoms with E-state index in [0.29, 0.717) is 11.5 Å². The number of thiazole rings is 1. The molecule has 2 aliphatic heterocycles. The van der Waals surface area contributed by atoms with Gasteiger partial charge in [-0.15, -0.1) is 11.3 Å². The number of aryl methyl sites for hydroxylation is 1. The molecule has 3 aromatic rings. The minimum Gasteiger partial charge on any atom is -0.344 e. The Morgan fingerprint density at radius 3 is 2.49 bits per heavy atom. The Morgan fingerprint density at radius 2 is 1.84 bits per heavy atom. The Balaban J connectivity index is 1.29. The van der Waals surface area contributed by atoms with Gasteiger partial charge in [-0.1, -0.05) is 70.2 Å². The summed E-state index contributed by atoms with van der Waals surface area (Å²) >= 11 is 1.63. The molecule has 3 atom stereocenters. The van der Waals surface area contributed by atoms with Crippen LogP contribution in [0.15, 0.2) is 54.0 Å². The highest BCUT2D eigenvalue weighted by Gasteiger charge is 2.38. The van der Waals surface area contributed by atoms with Gasteiger partial charge in [0, 0.05) is 18.4 Å². The van der Waals surface area contributed by atoms with Gasteiger partial charge in [0.15, 0.2) is 6.21 Å². The van der Waals surface area contributed by atoms with Crippen LogP contribution in [-0.2, 0) is 11.3 Å². The summed E-state index contributed by atoms with van der Waals surface area (Å²) in [5.41, 5.74) is 6.54. The predicted octanol–water partition coefficient (Wildman–Crippen LogP) is 5.96. The molecule has 3 heterocycles. The second-order valence-electron chi connectivity index (χ2n) is 12.4. The van der Waals surface area contributed by atoms with Crippen LogP contribution in [0.2, 0.25) is 0 Å². The van der Waals surface area contributed by atoms with E-state index < -0.39 is 6.03 Å². The first-order chi connectivity index (χ1) is 20.6. The van der Waals surface area contributed by atoms with E-state index in [9.17, 15) is 14.4 Å². The van der Waals surface area contributed by atoms with Crippen molar-refractivity contribution in [1.82, 2.24) is 20.5 Å². The number of benzene rings is 2. The number of hydrogen-bond donors (Lipinski definition) is 2. The lowest BCUT2D eigenvalue weighted by molar-refractivity contribution is -0.528. The number of rotatable bonds is 9. The lowest BCUT2D eigenvalue weighted by Crippen LogP contribution is -2.50. The first-order valence-electron chi connectivity index (χ1n) is 15.2. The molecule has 2 aliphatic rings. The van der Waals surface area contributed by atoms with Gasteiger partial charge in [-0.3, -0.25) is 14.5 Å². The average Bonchev–Trinajstić information content (AvgIpc) is 3.71. The van der Waals surface area contributed by atoms with Crippen molar-refractivity contribution in [2.75, 3.05) is 6.54 Å². The maximum absolute atomic E-state index is 13.8. The van der Waals surface area contributed by atoms with Crippen molar-refractivity contribution in [3.63, 3.8) is 0 Å². The molecule has 9 heteroatoms. The number of hydrogen-bond acceptors (Lipinski definition) is 5. The number of amides is 4. The van der Waals surface area contributed by atoms with Crippen LogP contribution in [0.1, 0.15) is 80.2 Å². The fourth-order valence-electron chi connectivity index (χ4n) is 5.93. The third-order valence-corrected chi connectivity index (χ3v) is 9.35. The highest BCUT2D eigenvalue weighted by atomic mass is 32.1. The number of nitrogens with one attached hydrogen (secondary N) is 2. The van der Waals surface area contributed by atoms with Crippen molar-refractivity contribution in [3.8, 4) is 10.4 Å². The van der Waals surface area contributed by atoms with Crippen LogP contribution in [0.4, 0.5) is 4.79 Å². The molecule has 2 N–H and O–H groups in total. The molecular weight excluding hydrogens is 558 g/mol. The molecule has 1 saturated heterocycles. The Kier molecular flexibility index (Phi) is 9.40. The highest BCUT2D eigenvalue weighted by molar-refractivity contribution is 7.13. The molecule has 4 amide bonds. The Bertz CT molecular complexity index is 1510. The van der Waals surface area contributed by atoms with Gasteiger partial charge < -0.3 is 10.6 Å². The van der Waals surface area contributed by atoms with Gasteiger partial charge in [-0.05, 0) is 47.9 Å². The molecule has 0 saturated carbocycles. The summed E-state index contributed by atoms with van der Waals surface area (Å²) in [5, 5.41) is 6.41. The SMILES string of the molecule is Cc1ncsc1-c1ccc(C(CC(C)C)NC(=O)C2CCC[N+]2=CC(NC(=O)N2Cc3ccccc3C2=O)C(C)C)cc1. The molecule has 226 valence electrons. The van der Waals surface area contributed by atoms with E-state index in [1.165, 1.54) is 9.78 Å². The zero-order valence-corrected chi connectivity index (χ0v) is 26.5. The smallest absolute Gasteiger partial charge is 0.325 e. The van der Waals surface area contributed by atoms with Crippen LogP contribution >= 0.6 is 11.3 Å². The maximum atomic E-state index is 13.8. The zero-order chi connectivity index (χ0) is 30.7. The topological polar surface area (TPSA) is 94.4 Å². The van der Waals surface area contributed by atoms with Crippen LogP contribution in [0, 0.1) is 18.8 Å². The summed E-state index contributed by atoms with van der Waals surface area (Å²) in [6.45, 7) is 11.4. The molecule has 8 nitrogen and oxygen atoms in total. The molecule has 3 unspecified atom stereocenters. The molecule has 0 spiro atoms. The molecule has 0 radical (unpaired) electrons. The fourth-order valence-corrected chi connectivity index (χ4v) is 6.75. The average molecular weight is 601 g/mol. The van der Waals surface area contributed by atoms with E-state index in [1.807, 2.05) is 50.7 Å². The number of carbonyl (C=O) groups is 3. The van der Waals surface area contributed by atoms with Gasteiger partial charge in [0.1, 0.15) is 12.6 Å². The highest BCUT2D eigenvalue weighted by Crippen LogP contribution is 2.30. The van der Waals surface area contributed by atoms with Crippen molar-refractivity contribution >= 4 is 35.4 Å². The summed E-state index contributed by atoms with van der Waals surface area (Å²) in [6.07, 6.45) is 4.46. The monoisotopic (exact) mass is 600 g/mol. The number of urea groups is 1. The third kappa shape index (κ3) is 6.88. The number of nitrogens with zero attached hydrogens (tertiary/aromatic N) is 3. The molecule has 2 aromatic carbocycles. The summed E-state index contributed by atoms with van der Waals surface area (Å²) in [4.78, 5) is 46.6. The second kappa shape index (κ2) is 13.2. The van der Waals surface area contributed by atoms with Gasteiger partial charge in [0.2, 0.25) is 6.04 Å². The maximum Gasteiger partial charge on any atom is 0.325 e. The van der Waals surface area contributed by atoms with Gasteiger partial charge in [-0.25, -0.2) is 14.4 Å². The largest absolute Gasteiger partial charge is 0.344 e. The van der Waals surface area contributed by atoms with Crippen molar-refractivity contribution < 1.29 is 19.0 Å². The summed E-state index contributed by atoms with van der Waals surface area (Å²) in [6, 6.07) is 14.6. The predicted molar refractivity (Wildman–Crippen MR) is 170 cm³/mol. The summed E-state index contributed by atoms with van der Waals surface area (Å²) in [7, 11) is 0. The molecule has 1 aromatic heterocycles. The lowest BCUT2D eigenvalue weighted by atomic mass is 9.95. The number of imide groups is 1. The van der Waals surface area contributed by atoms with Crippen LogP contribution < -0.4 is 10.6 Å². The van der Waals surface area contributed by atoms with Crippen LogP contribution in [0.3, 0.4) is 0 Å². The standard InChI is InChI=1S/C34H41N5O3S/c1-21(2)17-28(24-12-14-25(15-13-24)31-23(5)35-20-43-31)36-32(40)30-11-8-16-38(30)19-29(22(3)4)37-34(42)39-18-26-9-6-7-10-27(26)33(39)41/h6-7,9-10,12-15,19-22,28-30H,8,11,16-18H2,1-5H3,(H-,36,37,40,42)/p+1. The molecule has 0 bridgehead atoms. The molecular formula is C34H42N5O3S+. The normalized spacial score (nSPS) is 18.8. The van der Waals surface area contributed by atoms with Gasteiger partial charge >= 0.3 is 6.03 Å². The van der Waals surface area contributed by atoms with Crippen molar-refractivity contribution in [2.24, 2.45) is 11.8 Å². The van der Waals surface area contributed by atoms with E-state index in [1.54, 1.807) is 17.4 Å². The minimum absolute atomic E-state index is 0.000723. The number of aromatic nitrogens is 1. The van der Waals surface area contributed by atoms with Crippen molar-refractivity contribution in [3.05, 3.63) is 76.4 Å². The Morgan fingerprint density at radius 1 is 1.09 bits per heavy atom. The number of fused-ring (bicyclic) bond motifs is 1. The fraction of sp³-hybridized carbons (Fsp3) is 0.441. The first-order valence-corrected chi connectivity index (χ1v) is 16.1. The first kappa shape index (κ1) is 30.6. The Labute approximate surface area is 258 Å². The second-order valence-corrected chi connectivity index (χ2v) is 13.2. The lowest BCUT2D eigenvalue weighted by Gasteiger charge is -2.23. The zero-order valence-electron chi connectivity index (χ0n) is 25.7. The van der Waals surface area contributed by atoms with E-state index in [0.717, 1.165) is 48.2 Å². The Hall–Kier alpha value is -3.85. The number of carbonyl (C=O) groups excluding carboxylic acids is 3. The van der Waals surface area contributed by atoms with E-state index in [4.69, 9.17) is 0 Å². The quantitative estimate of drug-likeness (QED) is 0.297. The molecule has 1 fully saturated rings. The summed E-state index contributed by atoms with van der Waals surface area (Å²) < 4.78 is 2.07. The van der Waals surface area contributed by atoms with Crippen molar-refractivity contribution in [1.29, 1.82) is 0 Å². The minimum atomic E-state index is -0.412. The van der Waals surface area contributed by atoms with E-state index >= 15 is 0 Å².